The Morgan fingerprint density at radius 2 is 0.951 bits per heavy atom. The first-order chi connectivity index (χ1) is 29.9. The van der Waals surface area contributed by atoms with Crippen molar-refractivity contribution in [2.45, 2.75) is 47.0 Å². The third kappa shape index (κ3) is 6.00. The van der Waals surface area contributed by atoms with Crippen LogP contribution in [0, 0.1) is 0 Å². The minimum absolute atomic E-state index is 0.120. The first kappa shape index (κ1) is 38.1. The van der Waals surface area contributed by atoms with Crippen LogP contribution in [0.25, 0.3) is 101 Å². The van der Waals surface area contributed by atoms with E-state index in [2.05, 4.69) is 231 Å². The molecule has 11 rings (SSSR count). The van der Waals surface area contributed by atoms with E-state index in [4.69, 9.17) is 0 Å². The fraction of sp³-hybridized carbons (Fsp3) is 0.119. The highest BCUT2D eigenvalue weighted by atomic mass is 15.0. The molecule has 0 unspecified atom stereocenters. The predicted octanol–water partition coefficient (Wildman–Crippen LogP) is 14.7. The van der Waals surface area contributed by atoms with Crippen molar-refractivity contribution >= 4 is 44.9 Å². The van der Waals surface area contributed by atoms with Crippen LogP contribution in [-0.4, -0.2) is 9.13 Å². The normalized spacial score (nSPS) is 13.4. The van der Waals surface area contributed by atoms with Gasteiger partial charge in [-0.2, -0.15) is 0 Å². The average Bonchev–Trinajstić information content (AvgIpc) is 3.91. The van der Waals surface area contributed by atoms with Gasteiger partial charge in [-0.05, 0) is 125 Å². The van der Waals surface area contributed by atoms with E-state index < -0.39 is 0 Å². The SMILES string of the molecule is C/C=c1\c(=C/C)n(-c2ccccc2)c2ccc(-c3ccc(-n4c5ccc(-c6ccccc6)cc5c5cc6c(cc54)C(C)(C)c4ccccc4-6)c(-c4ccccc4)c3)cc12.CC. The van der Waals surface area contributed by atoms with Crippen molar-refractivity contribution in [2.75, 3.05) is 0 Å². The van der Waals surface area contributed by atoms with Gasteiger partial charge in [0.15, 0.2) is 0 Å². The molecule has 8 aromatic carbocycles. The van der Waals surface area contributed by atoms with Crippen molar-refractivity contribution < 1.29 is 0 Å². The van der Waals surface area contributed by atoms with Crippen LogP contribution >= 0.6 is 0 Å². The van der Waals surface area contributed by atoms with E-state index in [1.54, 1.807) is 0 Å². The number of para-hydroxylation sites is 1. The fourth-order valence-corrected chi connectivity index (χ4v) is 10.0. The Morgan fingerprint density at radius 1 is 0.393 bits per heavy atom. The van der Waals surface area contributed by atoms with E-state index in [0.717, 1.165) is 0 Å². The molecule has 0 bridgehead atoms. The second-order valence-electron chi connectivity index (χ2n) is 16.4. The number of benzene rings is 8. The molecule has 0 N–H and O–H groups in total. The number of fused-ring (bicyclic) bond motifs is 7. The largest absolute Gasteiger partial charge is 0.310 e. The van der Waals surface area contributed by atoms with E-state index in [0.29, 0.717) is 0 Å². The number of nitrogens with zero attached hydrogens (tertiary/aromatic N) is 2. The predicted molar refractivity (Wildman–Crippen MR) is 262 cm³/mol. The van der Waals surface area contributed by atoms with Gasteiger partial charge in [-0.1, -0.05) is 161 Å². The highest BCUT2D eigenvalue weighted by Crippen LogP contribution is 2.51. The molecule has 0 radical (unpaired) electrons. The molecule has 2 heterocycles. The van der Waals surface area contributed by atoms with Crippen molar-refractivity contribution in [1.29, 1.82) is 0 Å². The van der Waals surface area contributed by atoms with Gasteiger partial charge in [0.2, 0.25) is 0 Å². The van der Waals surface area contributed by atoms with E-state index in [1.807, 2.05) is 13.8 Å². The number of hydrogen-bond acceptors (Lipinski definition) is 0. The molecule has 0 atom stereocenters. The molecular weight excluding hydrogens is 737 g/mol. The molecule has 0 aliphatic heterocycles. The lowest BCUT2D eigenvalue weighted by Gasteiger charge is -2.22. The van der Waals surface area contributed by atoms with Gasteiger partial charge in [-0.25, -0.2) is 0 Å². The number of rotatable bonds is 5. The van der Waals surface area contributed by atoms with Crippen molar-refractivity contribution in [3.8, 4) is 55.9 Å². The van der Waals surface area contributed by atoms with Gasteiger partial charge in [-0.3, -0.25) is 0 Å². The van der Waals surface area contributed by atoms with Gasteiger partial charge in [0.25, 0.3) is 0 Å². The zero-order valence-corrected chi connectivity index (χ0v) is 35.9. The standard InChI is InChI=1S/C57H44N2.C2H6/c1-5-43-47-34-41(28-30-54(47)58(52(43)6-2)42-22-14-9-15-23-42)40-27-29-53(45(32-40)38-20-12-8-13-21-38)59-55-31-26-39(37-18-10-7-11-19-37)33-48(55)49-35-46-44-24-16-17-25-50(44)57(3,4)51(46)36-56(49)59;1-2/h5-36H,1-4H3;1-2H3/b43-5-,52-6+;. The zero-order valence-electron chi connectivity index (χ0n) is 35.9. The van der Waals surface area contributed by atoms with Crippen LogP contribution in [0.15, 0.2) is 182 Å². The highest BCUT2D eigenvalue weighted by molar-refractivity contribution is 6.13. The monoisotopic (exact) mass is 786 g/mol. The summed E-state index contributed by atoms with van der Waals surface area (Å²) < 4.78 is 4.91. The summed E-state index contributed by atoms with van der Waals surface area (Å²) in [6, 6.07) is 67.4. The van der Waals surface area contributed by atoms with Crippen LogP contribution in [0.1, 0.15) is 52.7 Å². The van der Waals surface area contributed by atoms with Crippen LogP contribution in [0.3, 0.4) is 0 Å². The first-order valence-corrected chi connectivity index (χ1v) is 21.8. The second kappa shape index (κ2) is 15.1. The van der Waals surface area contributed by atoms with Gasteiger partial charge in [0, 0.05) is 43.4 Å². The molecule has 10 aromatic rings. The van der Waals surface area contributed by atoms with Gasteiger partial charge >= 0.3 is 0 Å². The Bertz CT molecular complexity index is 3400. The number of aromatic nitrogens is 2. The Morgan fingerprint density at radius 3 is 1.64 bits per heavy atom. The van der Waals surface area contributed by atoms with Crippen LogP contribution in [-0.2, 0) is 5.41 Å². The summed E-state index contributed by atoms with van der Waals surface area (Å²) in [5, 5.41) is 6.25. The maximum atomic E-state index is 2.53. The highest BCUT2D eigenvalue weighted by Gasteiger charge is 2.36. The van der Waals surface area contributed by atoms with Crippen LogP contribution < -0.4 is 10.6 Å². The van der Waals surface area contributed by atoms with E-state index in [-0.39, 0.29) is 5.41 Å². The Kier molecular flexibility index (Phi) is 9.45. The Labute approximate surface area is 359 Å². The molecule has 0 saturated heterocycles. The summed E-state index contributed by atoms with van der Waals surface area (Å²) in [5.41, 5.74) is 18.5. The molecule has 0 spiro atoms. The minimum Gasteiger partial charge on any atom is -0.310 e. The maximum Gasteiger partial charge on any atom is 0.0544 e. The summed E-state index contributed by atoms with van der Waals surface area (Å²) >= 11 is 0. The molecule has 2 heteroatoms. The molecule has 1 aliphatic rings. The lowest BCUT2D eigenvalue weighted by Crippen LogP contribution is -2.27. The summed E-state index contributed by atoms with van der Waals surface area (Å²) in [6.07, 6.45) is 4.48. The summed E-state index contributed by atoms with van der Waals surface area (Å²) in [4.78, 5) is 0. The molecule has 61 heavy (non-hydrogen) atoms. The topological polar surface area (TPSA) is 9.86 Å². The van der Waals surface area contributed by atoms with E-state index >= 15 is 0 Å². The van der Waals surface area contributed by atoms with E-state index in [9.17, 15) is 0 Å². The van der Waals surface area contributed by atoms with Gasteiger partial charge in [-0.15, -0.1) is 0 Å². The van der Waals surface area contributed by atoms with Crippen LogP contribution in [0.5, 0.6) is 0 Å². The van der Waals surface area contributed by atoms with Crippen molar-refractivity contribution in [3.63, 3.8) is 0 Å². The van der Waals surface area contributed by atoms with Crippen molar-refractivity contribution in [3.05, 3.63) is 204 Å². The van der Waals surface area contributed by atoms with Crippen LogP contribution in [0.2, 0.25) is 0 Å². The third-order valence-corrected chi connectivity index (χ3v) is 12.9. The average molecular weight is 787 g/mol. The Balaban J connectivity index is 0.00000220. The molecule has 1 aliphatic carbocycles. The fourth-order valence-electron chi connectivity index (χ4n) is 10.0. The molecule has 0 fully saturated rings. The lowest BCUT2D eigenvalue weighted by atomic mass is 9.82. The first-order valence-electron chi connectivity index (χ1n) is 21.8. The molecule has 0 saturated carbocycles. The smallest absolute Gasteiger partial charge is 0.0544 e. The van der Waals surface area contributed by atoms with Gasteiger partial charge < -0.3 is 9.13 Å². The molecule has 2 nitrogen and oxygen atoms in total. The van der Waals surface area contributed by atoms with Gasteiger partial charge in [0.1, 0.15) is 0 Å². The molecule has 0 amide bonds. The molecular formula is C59H50N2. The third-order valence-electron chi connectivity index (χ3n) is 12.9. The van der Waals surface area contributed by atoms with E-state index in [1.165, 1.54) is 110 Å². The summed E-state index contributed by atoms with van der Waals surface area (Å²) in [7, 11) is 0. The lowest BCUT2D eigenvalue weighted by molar-refractivity contribution is 0.661. The minimum atomic E-state index is -0.120. The quantitative estimate of drug-likeness (QED) is 0.164. The van der Waals surface area contributed by atoms with Crippen molar-refractivity contribution in [1.82, 2.24) is 9.13 Å². The van der Waals surface area contributed by atoms with Crippen molar-refractivity contribution in [2.24, 2.45) is 0 Å². The molecule has 2 aromatic heterocycles. The maximum absolute atomic E-state index is 2.53. The Hall–Kier alpha value is -7.16. The summed E-state index contributed by atoms with van der Waals surface area (Å²) in [6.45, 7) is 13.0. The summed E-state index contributed by atoms with van der Waals surface area (Å²) in [5.74, 6) is 0. The van der Waals surface area contributed by atoms with Crippen LogP contribution in [0.4, 0.5) is 0 Å². The zero-order chi connectivity index (χ0) is 41.8. The number of hydrogen-bond donors (Lipinski definition) is 0. The second-order valence-corrected chi connectivity index (χ2v) is 16.4. The molecule has 296 valence electrons. The van der Waals surface area contributed by atoms with Gasteiger partial charge in [0.05, 0.1) is 22.2 Å².